The van der Waals surface area contributed by atoms with E-state index in [0.717, 1.165) is 24.7 Å². The van der Waals surface area contributed by atoms with Crippen LogP contribution in [0.4, 0.5) is 5.69 Å². The number of anilines is 1. The number of sulfonamides is 2. The SMILES string of the molecule is Cc1ccc(S(=O)(=O)N2CCCCC2)cc1NS(=O)(=O)/C=C/c1ccc(Cl)cc1. The topological polar surface area (TPSA) is 83.6 Å². The summed E-state index contributed by atoms with van der Waals surface area (Å²) in [7, 11) is -7.47. The summed E-state index contributed by atoms with van der Waals surface area (Å²) in [6.45, 7) is 2.69. The van der Waals surface area contributed by atoms with Crippen molar-refractivity contribution in [3.63, 3.8) is 0 Å². The fourth-order valence-corrected chi connectivity index (χ4v) is 5.66. The van der Waals surface area contributed by atoms with Gasteiger partial charge in [-0.05, 0) is 61.2 Å². The number of nitrogens with zero attached hydrogens (tertiary/aromatic N) is 1. The van der Waals surface area contributed by atoms with Crippen molar-refractivity contribution in [2.75, 3.05) is 17.8 Å². The molecule has 0 aliphatic carbocycles. The summed E-state index contributed by atoms with van der Waals surface area (Å²) in [4.78, 5) is 0.0874. The molecule has 2 aromatic carbocycles. The molecule has 0 radical (unpaired) electrons. The van der Waals surface area contributed by atoms with Gasteiger partial charge < -0.3 is 0 Å². The van der Waals surface area contributed by atoms with Crippen molar-refractivity contribution < 1.29 is 16.8 Å². The molecule has 1 fully saturated rings. The zero-order valence-electron chi connectivity index (χ0n) is 16.0. The molecule has 0 unspecified atom stereocenters. The van der Waals surface area contributed by atoms with Crippen LogP contribution in [0, 0.1) is 6.92 Å². The van der Waals surface area contributed by atoms with Crippen LogP contribution in [0.5, 0.6) is 0 Å². The summed E-state index contributed by atoms with van der Waals surface area (Å²) >= 11 is 5.83. The van der Waals surface area contributed by atoms with E-state index in [1.807, 2.05) is 0 Å². The van der Waals surface area contributed by atoms with E-state index in [1.165, 1.54) is 22.5 Å². The Morgan fingerprint density at radius 1 is 0.966 bits per heavy atom. The maximum absolute atomic E-state index is 12.9. The van der Waals surface area contributed by atoms with Gasteiger partial charge in [-0.15, -0.1) is 0 Å². The van der Waals surface area contributed by atoms with Crippen LogP contribution in [0.15, 0.2) is 52.8 Å². The lowest BCUT2D eigenvalue weighted by Gasteiger charge is -2.26. The van der Waals surface area contributed by atoms with Crippen LogP contribution in [0.2, 0.25) is 5.02 Å². The average molecular weight is 455 g/mol. The van der Waals surface area contributed by atoms with Crippen molar-refractivity contribution in [1.82, 2.24) is 4.31 Å². The molecule has 0 aromatic heterocycles. The van der Waals surface area contributed by atoms with Gasteiger partial charge in [0.25, 0.3) is 10.0 Å². The van der Waals surface area contributed by atoms with Crippen molar-refractivity contribution in [3.05, 3.63) is 64.0 Å². The summed E-state index contributed by atoms with van der Waals surface area (Å²) in [5, 5.41) is 1.60. The molecule has 1 aliphatic heterocycles. The van der Waals surface area contributed by atoms with E-state index in [9.17, 15) is 16.8 Å². The van der Waals surface area contributed by atoms with Crippen molar-refractivity contribution in [2.24, 2.45) is 0 Å². The molecule has 3 rings (SSSR count). The highest BCUT2D eigenvalue weighted by atomic mass is 35.5. The molecule has 6 nitrogen and oxygen atoms in total. The molecule has 0 amide bonds. The third kappa shape index (κ3) is 5.60. The number of halogens is 1. The number of piperidine rings is 1. The summed E-state index contributed by atoms with van der Waals surface area (Å²) in [6.07, 6.45) is 4.13. The number of rotatable bonds is 6. The first kappa shape index (κ1) is 21.8. The van der Waals surface area contributed by atoms with Crippen LogP contribution < -0.4 is 4.72 Å². The second kappa shape index (κ2) is 8.87. The fourth-order valence-electron chi connectivity index (χ4n) is 3.06. The van der Waals surface area contributed by atoms with Crippen molar-refractivity contribution in [3.8, 4) is 0 Å². The summed E-state index contributed by atoms with van der Waals surface area (Å²) < 4.78 is 54.6. The van der Waals surface area contributed by atoms with Gasteiger partial charge in [0.15, 0.2) is 0 Å². The van der Waals surface area contributed by atoms with Crippen molar-refractivity contribution >= 4 is 43.4 Å². The molecule has 0 bridgehead atoms. The highest BCUT2D eigenvalue weighted by Crippen LogP contribution is 2.26. The van der Waals surface area contributed by atoms with Crippen molar-refractivity contribution in [1.29, 1.82) is 0 Å². The average Bonchev–Trinajstić information content (AvgIpc) is 2.70. The monoisotopic (exact) mass is 454 g/mol. The first-order valence-corrected chi connectivity index (χ1v) is 12.6. The third-order valence-corrected chi connectivity index (χ3v) is 7.87. The van der Waals surface area contributed by atoms with Crippen LogP contribution in [-0.2, 0) is 20.0 Å². The number of hydrogen-bond acceptors (Lipinski definition) is 4. The van der Waals surface area contributed by atoms with E-state index in [-0.39, 0.29) is 10.6 Å². The molecule has 9 heteroatoms. The Kier molecular flexibility index (Phi) is 6.68. The predicted molar refractivity (Wildman–Crippen MR) is 117 cm³/mol. The predicted octanol–water partition coefficient (Wildman–Crippen LogP) is 4.24. The molecule has 1 saturated heterocycles. The smallest absolute Gasteiger partial charge is 0.255 e. The maximum atomic E-state index is 12.9. The highest BCUT2D eigenvalue weighted by molar-refractivity contribution is 7.95. The Labute approximate surface area is 177 Å². The van der Waals surface area contributed by atoms with Gasteiger partial charge in [0.2, 0.25) is 10.0 Å². The van der Waals surface area contributed by atoms with Crippen LogP contribution in [-0.4, -0.2) is 34.2 Å². The van der Waals surface area contributed by atoms with Gasteiger partial charge in [-0.25, -0.2) is 16.8 Å². The van der Waals surface area contributed by atoms with E-state index in [1.54, 1.807) is 37.3 Å². The maximum Gasteiger partial charge on any atom is 0.255 e. The number of hydrogen-bond donors (Lipinski definition) is 1. The molecule has 0 saturated carbocycles. The molecular weight excluding hydrogens is 432 g/mol. The summed E-state index contributed by atoms with van der Waals surface area (Å²) in [5.41, 5.74) is 1.55. The third-order valence-electron chi connectivity index (χ3n) is 4.72. The van der Waals surface area contributed by atoms with E-state index in [4.69, 9.17) is 11.6 Å². The fraction of sp³-hybridized carbons (Fsp3) is 0.300. The van der Waals surface area contributed by atoms with Crippen LogP contribution in [0.3, 0.4) is 0 Å². The quantitative estimate of drug-likeness (QED) is 0.707. The van der Waals surface area contributed by atoms with E-state index < -0.39 is 20.0 Å². The normalized spacial score (nSPS) is 16.2. The minimum absolute atomic E-state index is 0.0874. The first-order chi connectivity index (χ1) is 13.7. The lowest BCUT2D eigenvalue weighted by atomic mass is 10.2. The molecule has 156 valence electrons. The second-order valence-electron chi connectivity index (χ2n) is 6.94. The Hall–Kier alpha value is -1.87. The minimum Gasteiger partial charge on any atom is -0.280 e. The van der Waals surface area contributed by atoms with E-state index >= 15 is 0 Å². The van der Waals surface area contributed by atoms with Gasteiger partial charge in [0.1, 0.15) is 0 Å². The Morgan fingerprint density at radius 2 is 1.62 bits per heavy atom. The number of aryl methyl sites for hydroxylation is 1. The zero-order chi connectivity index (χ0) is 21.1. The van der Waals surface area contributed by atoms with E-state index in [2.05, 4.69) is 4.72 Å². The first-order valence-electron chi connectivity index (χ1n) is 9.25. The standard InChI is InChI=1S/C20H23ClN2O4S2/c1-16-5-10-19(29(26,27)23-12-3-2-4-13-23)15-20(16)22-28(24,25)14-11-17-6-8-18(21)9-7-17/h5-11,14-15,22H,2-4,12-13H2,1H3/b14-11+. The molecule has 0 spiro atoms. The summed E-state index contributed by atoms with van der Waals surface area (Å²) in [6, 6.07) is 11.2. The lowest BCUT2D eigenvalue weighted by Crippen LogP contribution is -2.35. The van der Waals surface area contributed by atoms with Crippen molar-refractivity contribution in [2.45, 2.75) is 31.1 Å². The Bertz CT molecular complexity index is 1110. The highest BCUT2D eigenvalue weighted by Gasteiger charge is 2.26. The van der Waals surface area contributed by atoms with Gasteiger partial charge >= 0.3 is 0 Å². The number of benzene rings is 2. The summed E-state index contributed by atoms with van der Waals surface area (Å²) in [5.74, 6) is 0. The molecule has 1 aliphatic rings. The van der Waals surface area contributed by atoms with Gasteiger partial charge in [-0.3, -0.25) is 4.72 Å². The molecular formula is C20H23ClN2O4S2. The minimum atomic E-state index is -3.82. The Balaban J connectivity index is 1.83. The van der Waals surface area contributed by atoms with Gasteiger partial charge in [-0.1, -0.05) is 36.2 Å². The molecule has 1 N–H and O–H groups in total. The number of nitrogens with one attached hydrogen (secondary N) is 1. The van der Waals surface area contributed by atoms with Gasteiger partial charge in [-0.2, -0.15) is 4.31 Å². The van der Waals surface area contributed by atoms with E-state index in [0.29, 0.717) is 29.2 Å². The van der Waals surface area contributed by atoms with Crippen LogP contribution >= 0.6 is 11.6 Å². The van der Waals surface area contributed by atoms with Gasteiger partial charge in [0, 0.05) is 18.1 Å². The second-order valence-corrected chi connectivity index (χ2v) is 10.9. The molecule has 0 atom stereocenters. The largest absolute Gasteiger partial charge is 0.280 e. The van der Waals surface area contributed by atoms with Crippen LogP contribution in [0.1, 0.15) is 30.4 Å². The molecule has 2 aromatic rings. The van der Waals surface area contributed by atoms with Crippen LogP contribution in [0.25, 0.3) is 6.08 Å². The van der Waals surface area contributed by atoms with Gasteiger partial charge in [0.05, 0.1) is 16.0 Å². The molecule has 29 heavy (non-hydrogen) atoms. The lowest BCUT2D eigenvalue weighted by molar-refractivity contribution is 0.346. The Morgan fingerprint density at radius 3 is 2.28 bits per heavy atom. The molecule has 1 heterocycles. The zero-order valence-corrected chi connectivity index (χ0v) is 18.4.